The molecule has 2 unspecified atom stereocenters. The Morgan fingerprint density at radius 1 is 1.00 bits per heavy atom. The largest absolute Gasteiger partial charge is 0.508 e. The number of aliphatic hydroxyl groups is 1. The fourth-order valence-corrected chi connectivity index (χ4v) is 2.34. The second kappa shape index (κ2) is 4.54. The average molecular weight is 272 g/mol. The third-order valence-electron chi connectivity index (χ3n) is 3.34. The first kappa shape index (κ1) is 12.5. The zero-order valence-corrected chi connectivity index (χ0v) is 10.4. The first-order valence-electron chi connectivity index (χ1n) is 6.08. The number of phenolic OH excluding ortho intramolecular Hbond substituents is 2. The van der Waals surface area contributed by atoms with Crippen LogP contribution in [0.4, 0.5) is 0 Å². The van der Waals surface area contributed by atoms with E-state index in [-0.39, 0.29) is 17.1 Å². The van der Waals surface area contributed by atoms with Gasteiger partial charge in [0.2, 0.25) is 0 Å². The number of fused-ring (bicyclic) bond motifs is 1. The van der Waals surface area contributed by atoms with Gasteiger partial charge in [0.15, 0.2) is 6.10 Å². The Morgan fingerprint density at radius 3 is 2.40 bits per heavy atom. The molecule has 0 fully saturated rings. The van der Waals surface area contributed by atoms with Crippen LogP contribution in [0.3, 0.4) is 0 Å². The van der Waals surface area contributed by atoms with Gasteiger partial charge in [-0.25, -0.2) is 4.79 Å². The van der Waals surface area contributed by atoms with E-state index < -0.39 is 18.2 Å². The predicted octanol–water partition coefficient (Wildman–Crippen LogP) is 2.04. The predicted molar refractivity (Wildman–Crippen MR) is 69.3 cm³/mol. The van der Waals surface area contributed by atoms with Crippen molar-refractivity contribution < 1.29 is 24.9 Å². The van der Waals surface area contributed by atoms with Gasteiger partial charge in [0, 0.05) is 5.56 Å². The molecule has 2 aromatic carbocycles. The van der Waals surface area contributed by atoms with Crippen LogP contribution in [0, 0.1) is 0 Å². The molecule has 2 aromatic rings. The third kappa shape index (κ3) is 1.88. The maximum atomic E-state index is 12.0. The van der Waals surface area contributed by atoms with Crippen molar-refractivity contribution in [3.8, 4) is 11.5 Å². The number of hydrogen-bond donors (Lipinski definition) is 3. The van der Waals surface area contributed by atoms with Crippen LogP contribution in [0.25, 0.3) is 0 Å². The van der Waals surface area contributed by atoms with Gasteiger partial charge in [-0.15, -0.1) is 0 Å². The number of benzene rings is 2. The highest BCUT2D eigenvalue weighted by Crippen LogP contribution is 2.41. The molecule has 20 heavy (non-hydrogen) atoms. The molecule has 0 saturated carbocycles. The number of aliphatic hydroxyl groups excluding tert-OH is 1. The van der Waals surface area contributed by atoms with Gasteiger partial charge < -0.3 is 20.1 Å². The van der Waals surface area contributed by atoms with E-state index in [9.17, 15) is 20.1 Å². The summed E-state index contributed by atoms with van der Waals surface area (Å²) in [6.07, 6.45) is -1.93. The lowest BCUT2D eigenvalue weighted by Crippen LogP contribution is -2.26. The Kier molecular flexibility index (Phi) is 2.84. The molecule has 2 atom stereocenters. The molecular formula is C15H12O5. The lowest BCUT2D eigenvalue weighted by atomic mass is 9.91. The van der Waals surface area contributed by atoms with E-state index in [1.54, 1.807) is 24.3 Å². The number of esters is 1. The minimum Gasteiger partial charge on any atom is -0.508 e. The van der Waals surface area contributed by atoms with Gasteiger partial charge in [0.25, 0.3) is 0 Å². The van der Waals surface area contributed by atoms with Crippen LogP contribution in [-0.2, 0) is 4.74 Å². The fraction of sp³-hybridized carbons (Fsp3) is 0.133. The Morgan fingerprint density at radius 2 is 1.70 bits per heavy atom. The van der Waals surface area contributed by atoms with E-state index in [0.29, 0.717) is 11.1 Å². The third-order valence-corrected chi connectivity index (χ3v) is 3.34. The minimum absolute atomic E-state index is 0.00460. The summed E-state index contributed by atoms with van der Waals surface area (Å²) in [4.78, 5) is 12.0. The Bertz CT molecular complexity index is 662. The first-order valence-corrected chi connectivity index (χ1v) is 6.08. The van der Waals surface area contributed by atoms with Gasteiger partial charge in [-0.3, -0.25) is 0 Å². The normalized spacial score (nSPS) is 21.1. The number of carbonyl (C=O) groups excluding carboxylic acids is 1. The van der Waals surface area contributed by atoms with E-state index in [0.717, 1.165) is 0 Å². The molecule has 0 aliphatic carbocycles. The average Bonchev–Trinajstić information content (AvgIpc) is 2.44. The molecule has 0 radical (unpaired) electrons. The zero-order valence-electron chi connectivity index (χ0n) is 10.4. The SMILES string of the molecule is O=C1OC(c2ccc(O)cc2)C(O)c2cccc(O)c21. The molecule has 0 aromatic heterocycles. The van der Waals surface area contributed by atoms with Crippen LogP contribution in [0.2, 0.25) is 0 Å². The summed E-state index contributed by atoms with van der Waals surface area (Å²) >= 11 is 0. The summed E-state index contributed by atoms with van der Waals surface area (Å²) in [5.74, 6) is -0.805. The van der Waals surface area contributed by atoms with E-state index in [4.69, 9.17) is 4.74 Å². The second-order valence-electron chi connectivity index (χ2n) is 4.60. The van der Waals surface area contributed by atoms with Crippen molar-refractivity contribution in [1.82, 2.24) is 0 Å². The molecule has 1 heterocycles. The van der Waals surface area contributed by atoms with Crippen molar-refractivity contribution in [3.05, 3.63) is 59.2 Å². The Labute approximate surface area is 114 Å². The van der Waals surface area contributed by atoms with Gasteiger partial charge in [-0.2, -0.15) is 0 Å². The van der Waals surface area contributed by atoms with Gasteiger partial charge in [0.1, 0.15) is 23.2 Å². The van der Waals surface area contributed by atoms with Gasteiger partial charge in [-0.1, -0.05) is 24.3 Å². The summed E-state index contributed by atoms with van der Waals surface area (Å²) in [6.45, 7) is 0. The molecule has 5 heteroatoms. The molecule has 3 rings (SSSR count). The summed E-state index contributed by atoms with van der Waals surface area (Å²) in [5, 5.41) is 29.3. The first-order chi connectivity index (χ1) is 9.58. The fourth-order valence-electron chi connectivity index (χ4n) is 2.34. The number of phenols is 2. The summed E-state index contributed by atoms with van der Waals surface area (Å²) < 4.78 is 5.20. The topological polar surface area (TPSA) is 87.0 Å². The van der Waals surface area contributed by atoms with Gasteiger partial charge >= 0.3 is 5.97 Å². The second-order valence-corrected chi connectivity index (χ2v) is 4.60. The van der Waals surface area contributed by atoms with Crippen molar-refractivity contribution in [2.75, 3.05) is 0 Å². The molecule has 102 valence electrons. The molecule has 0 spiro atoms. The number of ether oxygens (including phenoxy) is 1. The Balaban J connectivity index is 2.05. The number of aromatic hydroxyl groups is 2. The van der Waals surface area contributed by atoms with Crippen molar-refractivity contribution >= 4 is 5.97 Å². The quantitative estimate of drug-likeness (QED) is 0.691. The molecule has 0 bridgehead atoms. The highest BCUT2D eigenvalue weighted by Gasteiger charge is 2.37. The highest BCUT2D eigenvalue weighted by atomic mass is 16.6. The van der Waals surface area contributed by atoms with E-state index >= 15 is 0 Å². The number of carbonyl (C=O) groups is 1. The standard InChI is InChI=1S/C15H12O5/c16-9-6-4-8(5-7-9)14-13(18)10-2-1-3-11(17)12(10)15(19)20-14/h1-7,13-14,16-18H. The maximum Gasteiger partial charge on any atom is 0.343 e. The van der Waals surface area contributed by atoms with Crippen LogP contribution in [-0.4, -0.2) is 21.3 Å². The maximum absolute atomic E-state index is 12.0. The molecule has 1 aliphatic rings. The molecule has 0 amide bonds. The van der Waals surface area contributed by atoms with Gasteiger partial charge in [-0.05, 0) is 23.8 Å². The van der Waals surface area contributed by atoms with Crippen molar-refractivity contribution in [3.63, 3.8) is 0 Å². The molecule has 1 aliphatic heterocycles. The van der Waals surface area contributed by atoms with Crippen molar-refractivity contribution in [2.45, 2.75) is 12.2 Å². The van der Waals surface area contributed by atoms with Crippen LogP contribution >= 0.6 is 0 Å². The minimum atomic E-state index is -1.07. The highest BCUT2D eigenvalue weighted by molar-refractivity contribution is 5.95. The number of rotatable bonds is 1. The number of hydrogen-bond acceptors (Lipinski definition) is 5. The van der Waals surface area contributed by atoms with Crippen LogP contribution in [0.5, 0.6) is 11.5 Å². The Hall–Kier alpha value is -2.53. The van der Waals surface area contributed by atoms with E-state index in [1.807, 2.05) is 0 Å². The van der Waals surface area contributed by atoms with Gasteiger partial charge in [0.05, 0.1) is 0 Å². The smallest absolute Gasteiger partial charge is 0.343 e. The summed E-state index contributed by atoms with van der Waals surface area (Å²) in [7, 11) is 0. The lowest BCUT2D eigenvalue weighted by molar-refractivity contribution is -0.0310. The molecular weight excluding hydrogens is 260 g/mol. The van der Waals surface area contributed by atoms with Crippen molar-refractivity contribution in [1.29, 1.82) is 0 Å². The lowest BCUT2D eigenvalue weighted by Gasteiger charge is -2.30. The summed E-state index contributed by atoms with van der Waals surface area (Å²) in [5.41, 5.74) is 0.895. The zero-order chi connectivity index (χ0) is 14.3. The van der Waals surface area contributed by atoms with Crippen LogP contribution in [0.15, 0.2) is 42.5 Å². The molecule has 0 saturated heterocycles. The van der Waals surface area contributed by atoms with Crippen LogP contribution < -0.4 is 0 Å². The van der Waals surface area contributed by atoms with E-state index in [2.05, 4.69) is 0 Å². The van der Waals surface area contributed by atoms with E-state index in [1.165, 1.54) is 18.2 Å². The molecule has 5 nitrogen and oxygen atoms in total. The summed E-state index contributed by atoms with van der Waals surface area (Å²) in [6, 6.07) is 10.6. The molecule has 3 N–H and O–H groups in total. The monoisotopic (exact) mass is 272 g/mol. The van der Waals surface area contributed by atoms with Crippen molar-refractivity contribution in [2.24, 2.45) is 0 Å². The number of cyclic esters (lactones) is 1. The van der Waals surface area contributed by atoms with Crippen LogP contribution in [0.1, 0.15) is 33.7 Å².